The minimum atomic E-state index is -0.628. The third kappa shape index (κ3) is 8.82. The SMILES string of the molecule is COc1cc(C=C(NC(=O)c2ccccc2)C(=O)Nc2ccc(SC3CC(=O)N(c4ccc(N=Nc5ccccc5)cc4)C3=O)cc2)cc(OC)c1OC. The number of methoxy groups -OCH3 is 3. The van der Waals surface area contributed by atoms with Crippen LogP contribution in [0.4, 0.5) is 22.7 Å². The van der Waals surface area contributed by atoms with Crippen molar-refractivity contribution >= 4 is 64.2 Å². The monoisotopic (exact) mass is 741 g/mol. The molecule has 5 aromatic rings. The van der Waals surface area contributed by atoms with E-state index in [-0.39, 0.29) is 23.9 Å². The van der Waals surface area contributed by atoms with Crippen LogP contribution in [0, 0.1) is 0 Å². The van der Waals surface area contributed by atoms with Crippen LogP contribution in [0.25, 0.3) is 6.08 Å². The summed E-state index contributed by atoms with van der Waals surface area (Å²) < 4.78 is 16.3. The maximum Gasteiger partial charge on any atom is 0.272 e. The van der Waals surface area contributed by atoms with E-state index in [1.54, 1.807) is 91.0 Å². The molecule has 13 heteroatoms. The normalized spacial score (nSPS) is 14.2. The van der Waals surface area contributed by atoms with Crippen LogP contribution in [0.3, 0.4) is 0 Å². The van der Waals surface area contributed by atoms with E-state index >= 15 is 0 Å². The number of ether oxygens (including phenoxy) is 3. The Morgan fingerprint density at radius 1 is 0.759 bits per heavy atom. The van der Waals surface area contributed by atoms with Gasteiger partial charge in [-0.25, -0.2) is 4.90 Å². The molecule has 272 valence electrons. The first-order chi connectivity index (χ1) is 26.3. The van der Waals surface area contributed by atoms with Crippen LogP contribution in [-0.2, 0) is 14.4 Å². The van der Waals surface area contributed by atoms with Gasteiger partial charge in [-0.05, 0) is 96.6 Å². The first-order valence-corrected chi connectivity index (χ1v) is 17.5. The number of nitrogens with zero attached hydrogens (tertiary/aromatic N) is 3. The lowest BCUT2D eigenvalue weighted by Gasteiger charge is -2.15. The van der Waals surface area contributed by atoms with Crippen LogP contribution >= 0.6 is 11.8 Å². The summed E-state index contributed by atoms with van der Waals surface area (Å²) in [6, 6.07) is 34.7. The Bertz CT molecular complexity index is 2190. The summed E-state index contributed by atoms with van der Waals surface area (Å²) in [5.41, 5.74) is 3.02. The number of carbonyl (C=O) groups is 4. The maximum absolute atomic E-state index is 13.7. The van der Waals surface area contributed by atoms with E-state index in [0.717, 1.165) is 4.90 Å². The highest BCUT2D eigenvalue weighted by molar-refractivity contribution is 8.00. The van der Waals surface area contributed by atoms with Crippen molar-refractivity contribution in [1.29, 1.82) is 0 Å². The molecule has 12 nitrogen and oxygen atoms in total. The van der Waals surface area contributed by atoms with E-state index < -0.39 is 17.1 Å². The number of azo groups is 1. The van der Waals surface area contributed by atoms with E-state index in [4.69, 9.17) is 14.2 Å². The van der Waals surface area contributed by atoms with Gasteiger partial charge >= 0.3 is 0 Å². The molecule has 0 aromatic heterocycles. The fourth-order valence-corrected chi connectivity index (χ4v) is 6.57. The number of hydrogen-bond donors (Lipinski definition) is 2. The summed E-state index contributed by atoms with van der Waals surface area (Å²) in [6.07, 6.45) is 1.54. The Labute approximate surface area is 315 Å². The van der Waals surface area contributed by atoms with Crippen LogP contribution in [0.1, 0.15) is 22.3 Å². The van der Waals surface area contributed by atoms with E-state index in [0.29, 0.717) is 51.1 Å². The van der Waals surface area contributed by atoms with Gasteiger partial charge in [-0.1, -0.05) is 36.4 Å². The Balaban J connectivity index is 1.14. The molecule has 5 aromatic carbocycles. The molecule has 0 bridgehead atoms. The number of hydrogen-bond acceptors (Lipinski definition) is 10. The second-order valence-electron chi connectivity index (χ2n) is 11.7. The predicted molar refractivity (Wildman–Crippen MR) is 207 cm³/mol. The lowest BCUT2D eigenvalue weighted by Crippen LogP contribution is -2.31. The molecule has 4 amide bonds. The lowest BCUT2D eigenvalue weighted by molar-refractivity contribution is -0.121. The number of amides is 4. The molecule has 1 heterocycles. The van der Waals surface area contributed by atoms with Gasteiger partial charge in [-0.15, -0.1) is 11.8 Å². The van der Waals surface area contributed by atoms with Gasteiger partial charge in [0.25, 0.3) is 11.8 Å². The van der Waals surface area contributed by atoms with E-state index in [9.17, 15) is 19.2 Å². The van der Waals surface area contributed by atoms with Crippen molar-refractivity contribution in [1.82, 2.24) is 5.32 Å². The van der Waals surface area contributed by atoms with Crippen molar-refractivity contribution < 1.29 is 33.4 Å². The van der Waals surface area contributed by atoms with Gasteiger partial charge in [-0.2, -0.15) is 10.2 Å². The number of imide groups is 1. The molecule has 6 rings (SSSR count). The fourth-order valence-electron chi connectivity index (χ4n) is 5.52. The topological polar surface area (TPSA) is 148 Å². The van der Waals surface area contributed by atoms with Crippen LogP contribution in [0.2, 0.25) is 0 Å². The molecule has 1 saturated heterocycles. The van der Waals surface area contributed by atoms with Crippen LogP contribution in [0.15, 0.2) is 142 Å². The highest BCUT2D eigenvalue weighted by Crippen LogP contribution is 2.39. The molecule has 1 aliphatic heterocycles. The summed E-state index contributed by atoms with van der Waals surface area (Å²) in [5.74, 6) is -0.576. The first kappa shape index (κ1) is 37.0. The number of thioether (sulfide) groups is 1. The van der Waals surface area contributed by atoms with Gasteiger partial charge in [0.2, 0.25) is 17.6 Å². The number of rotatable bonds is 13. The minimum Gasteiger partial charge on any atom is -0.493 e. The number of nitrogens with one attached hydrogen (secondary N) is 2. The van der Waals surface area contributed by atoms with E-state index in [1.165, 1.54) is 44.1 Å². The summed E-state index contributed by atoms with van der Waals surface area (Å²) in [7, 11) is 4.45. The first-order valence-electron chi connectivity index (χ1n) is 16.7. The van der Waals surface area contributed by atoms with Crippen molar-refractivity contribution in [3.05, 3.63) is 138 Å². The van der Waals surface area contributed by atoms with Crippen molar-refractivity contribution in [2.45, 2.75) is 16.6 Å². The zero-order valence-corrected chi connectivity index (χ0v) is 30.3. The smallest absolute Gasteiger partial charge is 0.272 e. The summed E-state index contributed by atoms with van der Waals surface area (Å²) in [6.45, 7) is 0. The van der Waals surface area contributed by atoms with Crippen molar-refractivity contribution in [2.75, 3.05) is 31.5 Å². The van der Waals surface area contributed by atoms with Crippen molar-refractivity contribution in [3.63, 3.8) is 0 Å². The lowest BCUT2D eigenvalue weighted by atomic mass is 10.1. The van der Waals surface area contributed by atoms with Gasteiger partial charge < -0.3 is 24.8 Å². The minimum absolute atomic E-state index is 0.0354. The molecule has 1 atom stereocenters. The Morgan fingerprint density at radius 3 is 1.94 bits per heavy atom. The average molecular weight is 742 g/mol. The molecule has 2 N–H and O–H groups in total. The summed E-state index contributed by atoms with van der Waals surface area (Å²) in [5, 5.41) is 13.3. The van der Waals surface area contributed by atoms with E-state index in [1.807, 2.05) is 30.3 Å². The standard InChI is InChI=1S/C41H35N5O7S/c1-51-34-23-26(24-35(52-2)38(34)53-3)22-33(43-39(48)27-10-6-4-7-11-27)40(49)42-28-16-20-32(21-17-28)54-36-25-37(47)46(41(36)50)31-18-14-30(15-19-31)45-44-29-12-8-5-9-13-29/h4-24,36H,25H2,1-3H3,(H,42,49)(H,43,48). The molecule has 1 aliphatic rings. The van der Waals surface area contributed by atoms with Crippen LogP contribution in [0.5, 0.6) is 17.2 Å². The van der Waals surface area contributed by atoms with Gasteiger partial charge in [0.15, 0.2) is 11.5 Å². The predicted octanol–water partition coefficient (Wildman–Crippen LogP) is 7.96. The molecule has 1 fully saturated rings. The van der Waals surface area contributed by atoms with Crippen LogP contribution < -0.4 is 29.7 Å². The zero-order valence-electron chi connectivity index (χ0n) is 29.5. The number of anilines is 2. The summed E-state index contributed by atoms with van der Waals surface area (Å²) >= 11 is 1.26. The zero-order chi connectivity index (χ0) is 38.0. The maximum atomic E-state index is 13.7. The van der Waals surface area contributed by atoms with Crippen LogP contribution in [-0.4, -0.2) is 50.2 Å². The second kappa shape index (κ2) is 17.2. The molecule has 0 radical (unpaired) electrons. The Hall–Kier alpha value is -6.73. The van der Waals surface area contributed by atoms with Gasteiger partial charge in [-0.3, -0.25) is 19.2 Å². The summed E-state index contributed by atoms with van der Waals surface area (Å²) in [4.78, 5) is 55.1. The molecule has 54 heavy (non-hydrogen) atoms. The Morgan fingerprint density at radius 2 is 1.35 bits per heavy atom. The Kier molecular flexibility index (Phi) is 11.8. The molecular formula is C41H35N5O7S. The molecule has 0 saturated carbocycles. The molecule has 0 spiro atoms. The highest BCUT2D eigenvalue weighted by Gasteiger charge is 2.40. The fraction of sp³-hybridized carbons (Fsp3) is 0.122. The quantitative estimate of drug-likeness (QED) is 0.0702. The second-order valence-corrected chi connectivity index (χ2v) is 13.0. The third-order valence-electron chi connectivity index (χ3n) is 8.17. The average Bonchev–Trinajstić information content (AvgIpc) is 3.48. The van der Waals surface area contributed by atoms with E-state index in [2.05, 4.69) is 20.9 Å². The third-order valence-corrected chi connectivity index (χ3v) is 9.36. The molecule has 1 unspecified atom stereocenters. The molecule has 0 aliphatic carbocycles. The molecular weight excluding hydrogens is 707 g/mol. The van der Waals surface area contributed by atoms with Gasteiger partial charge in [0.1, 0.15) is 5.70 Å². The van der Waals surface area contributed by atoms with Gasteiger partial charge in [0.05, 0.1) is 43.6 Å². The van der Waals surface area contributed by atoms with Crippen molar-refractivity contribution in [3.8, 4) is 17.2 Å². The van der Waals surface area contributed by atoms with Gasteiger partial charge in [0, 0.05) is 22.6 Å². The highest BCUT2D eigenvalue weighted by atomic mass is 32.2. The van der Waals surface area contributed by atoms with Crippen molar-refractivity contribution in [2.24, 2.45) is 10.2 Å². The number of benzene rings is 5. The number of carbonyl (C=O) groups excluding carboxylic acids is 4. The largest absolute Gasteiger partial charge is 0.493 e.